The van der Waals surface area contributed by atoms with Gasteiger partial charge < -0.3 is 19.5 Å². The summed E-state index contributed by atoms with van der Waals surface area (Å²) in [6.07, 6.45) is 1.87. The van der Waals surface area contributed by atoms with Crippen molar-refractivity contribution in [1.29, 1.82) is 0 Å². The van der Waals surface area contributed by atoms with Gasteiger partial charge in [-0.25, -0.2) is 0 Å². The Kier molecular flexibility index (Phi) is 4.65. The molecule has 1 fully saturated rings. The quantitative estimate of drug-likeness (QED) is 0.904. The van der Waals surface area contributed by atoms with Crippen LogP contribution in [0.15, 0.2) is 30.3 Å². The van der Waals surface area contributed by atoms with E-state index in [1.54, 1.807) is 0 Å². The number of likely N-dealkylation sites (tertiary alicyclic amines) is 1. The number of carbonyl (C=O) groups excluding carboxylic acids is 1. The zero-order chi connectivity index (χ0) is 17.1. The van der Waals surface area contributed by atoms with Gasteiger partial charge in [0.2, 0.25) is 0 Å². The van der Waals surface area contributed by atoms with Gasteiger partial charge in [0.25, 0.3) is 5.91 Å². The highest BCUT2D eigenvalue weighted by Gasteiger charge is 2.28. The van der Waals surface area contributed by atoms with Crippen molar-refractivity contribution in [1.82, 2.24) is 25.0 Å². The van der Waals surface area contributed by atoms with Crippen molar-refractivity contribution >= 4 is 5.91 Å². The van der Waals surface area contributed by atoms with Gasteiger partial charge in [-0.2, -0.15) is 0 Å². The predicted octanol–water partition coefficient (Wildman–Crippen LogP) is 1.17. The fraction of sp³-hybridized carbons (Fsp3) is 0.500. The summed E-state index contributed by atoms with van der Waals surface area (Å²) >= 11 is 0. The van der Waals surface area contributed by atoms with Crippen LogP contribution in [0.2, 0.25) is 0 Å². The highest BCUT2D eigenvalue weighted by molar-refractivity contribution is 5.77. The normalized spacial score (nSPS) is 18.0. The third-order valence-corrected chi connectivity index (χ3v) is 4.97. The number of fused-ring (bicyclic) bond motifs is 1. The first kappa shape index (κ1) is 16.1. The highest BCUT2D eigenvalue weighted by atomic mass is 16.5. The molecule has 2 aliphatic rings. The summed E-state index contributed by atoms with van der Waals surface area (Å²) < 4.78 is 7.82. The average Bonchev–Trinajstić information content (AvgIpc) is 3.11. The van der Waals surface area contributed by atoms with Crippen molar-refractivity contribution in [3.05, 3.63) is 42.0 Å². The second-order valence-corrected chi connectivity index (χ2v) is 6.56. The molecule has 3 heterocycles. The van der Waals surface area contributed by atoms with Gasteiger partial charge in [-0.05, 0) is 25.0 Å². The zero-order valence-corrected chi connectivity index (χ0v) is 14.2. The summed E-state index contributed by atoms with van der Waals surface area (Å²) in [5.41, 5.74) is 0. The number of piperidine rings is 1. The maximum absolute atomic E-state index is 12.4. The summed E-state index contributed by atoms with van der Waals surface area (Å²) in [7, 11) is 0. The molecule has 0 radical (unpaired) electrons. The molecule has 0 spiro atoms. The number of nitrogens with one attached hydrogen (secondary N) is 1. The van der Waals surface area contributed by atoms with Gasteiger partial charge in [0.15, 0.2) is 6.61 Å². The fourth-order valence-electron chi connectivity index (χ4n) is 3.56. The standard InChI is InChI=1S/C18H23N5O2/c24-17(13-25-15-4-2-1-3-5-15)22-9-6-14(7-10-22)18-21-20-16-12-19-8-11-23(16)18/h1-5,14,19H,6-13H2. The molecule has 7 nitrogen and oxygen atoms in total. The highest BCUT2D eigenvalue weighted by Crippen LogP contribution is 2.27. The zero-order valence-electron chi connectivity index (χ0n) is 14.2. The number of aromatic nitrogens is 3. The lowest BCUT2D eigenvalue weighted by Gasteiger charge is -2.32. The molecule has 0 unspecified atom stereocenters. The van der Waals surface area contributed by atoms with Gasteiger partial charge >= 0.3 is 0 Å². The summed E-state index contributed by atoms with van der Waals surface area (Å²) in [6, 6.07) is 9.46. The minimum Gasteiger partial charge on any atom is -0.484 e. The molecule has 1 saturated heterocycles. The van der Waals surface area contributed by atoms with Crippen LogP contribution in [0.25, 0.3) is 0 Å². The van der Waals surface area contributed by atoms with E-state index in [-0.39, 0.29) is 12.5 Å². The first-order valence-corrected chi connectivity index (χ1v) is 8.89. The van der Waals surface area contributed by atoms with E-state index < -0.39 is 0 Å². The van der Waals surface area contributed by atoms with E-state index in [0.717, 1.165) is 63.0 Å². The van der Waals surface area contributed by atoms with E-state index in [2.05, 4.69) is 20.1 Å². The van der Waals surface area contributed by atoms with Crippen LogP contribution in [0, 0.1) is 0 Å². The summed E-state index contributed by atoms with van der Waals surface area (Å²) in [6.45, 7) is 4.29. The van der Waals surface area contributed by atoms with Crippen LogP contribution < -0.4 is 10.1 Å². The van der Waals surface area contributed by atoms with Crippen molar-refractivity contribution in [3.63, 3.8) is 0 Å². The Morgan fingerprint density at radius 2 is 1.96 bits per heavy atom. The number of hydrogen-bond donors (Lipinski definition) is 1. The summed E-state index contributed by atoms with van der Waals surface area (Å²) in [5.74, 6) is 3.28. The van der Waals surface area contributed by atoms with E-state index in [1.165, 1.54) is 0 Å². The van der Waals surface area contributed by atoms with E-state index in [4.69, 9.17) is 4.74 Å². The van der Waals surface area contributed by atoms with Gasteiger partial charge in [0, 0.05) is 32.1 Å². The van der Waals surface area contributed by atoms with E-state index >= 15 is 0 Å². The van der Waals surface area contributed by atoms with Crippen LogP contribution in [0.1, 0.15) is 30.4 Å². The molecule has 1 amide bonds. The van der Waals surface area contributed by atoms with Crippen molar-refractivity contribution in [2.24, 2.45) is 0 Å². The molecule has 0 aliphatic carbocycles. The number of nitrogens with zero attached hydrogens (tertiary/aromatic N) is 4. The Balaban J connectivity index is 1.31. The van der Waals surface area contributed by atoms with Crippen LogP contribution in [0.5, 0.6) is 5.75 Å². The lowest BCUT2D eigenvalue weighted by atomic mass is 9.95. The predicted molar refractivity (Wildman–Crippen MR) is 92.2 cm³/mol. The molecular weight excluding hydrogens is 318 g/mol. The van der Waals surface area contributed by atoms with Crippen molar-refractivity contribution < 1.29 is 9.53 Å². The number of rotatable bonds is 4. The Morgan fingerprint density at radius 3 is 2.76 bits per heavy atom. The smallest absolute Gasteiger partial charge is 0.260 e. The van der Waals surface area contributed by atoms with E-state index in [1.807, 2.05) is 35.2 Å². The average molecular weight is 341 g/mol. The van der Waals surface area contributed by atoms with Gasteiger partial charge in [-0.15, -0.1) is 10.2 Å². The summed E-state index contributed by atoms with van der Waals surface area (Å²) in [4.78, 5) is 14.3. The monoisotopic (exact) mass is 341 g/mol. The van der Waals surface area contributed by atoms with Gasteiger partial charge in [0.1, 0.15) is 17.4 Å². The summed E-state index contributed by atoms with van der Waals surface area (Å²) in [5, 5.41) is 12.0. The van der Waals surface area contributed by atoms with Crippen LogP contribution in [0.4, 0.5) is 0 Å². The second-order valence-electron chi connectivity index (χ2n) is 6.56. The Labute approximate surface area is 147 Å². The Hall–Kier alpha value is -2.41. The molecule has 2 aromatic rings. The van der Waals surface area contributed by atoms with Crippen molar-refractivity contribution in [3.8, 4) is 5.75 Å². The molecule has 0 atom stereocenters. The topological polar surface area (TPSA) is 72.3 Å². The van der Waals surface area contributed by atoms with Crippen LogP contribution in [0.3, 0.4) is 0 Å². The van der Waals surface area contributed by atoms with Gasteiger partial charge in [-0.3, -0.25) is 4.79 Å². The number of ether oxygens (including phenoxy) is 1. The molecule has 0 saturated carbocycles. The van der Waals surface area contributed by atoms with Crippen molar-refractivity contribution in [2.45, 2.75) is 31.8 Å². The first-order chi connectivity index (χ1) is 12.3. The fourth-order valence-corrected chi connectivity index (χ4v) is 3.56. The van der Waals surface area contributed by atoms with Crippen LogP contribution in [-0.2, 0) is 17.9 Å². The van der Waals surface area contributed by atoms with Crippen LogP contribution >= 0.6 is 0 Å². The van der Waals surface area contributed by atoms with E-state index in [0.29, 0.717) is 5.92 Å². The van der Waals surface area contributed by atoms with Crippen molar-refractivity contribution in [2.75, 3.05) is 26.2 Å². The molecule has 132 valence electrons. The molecular formula is C18H23N5O2. The number of para-hydroxylation sites is 1. The third-order valence-electron chi connectivity index (χ3n) is 4.97. The number of benzene rings is 1. The molecule has 4 rings (SSSR count). The molecule has 7 heteroatoms. The number of hydrogen-bond acceptors (Lipinski definition) is 5. The SMILES string of the molecule is O=C(COc1ccccc1)N1CCC(c2nnc3n2CCNC3)CC1. The molecule has 1 N–H and O–H groups in total. The molecule has 1 aromatic carbocycles. The van der Waals surface area contributed by atoms with Gasteiger partial charge in [-0.1, -0.05) is 18.2 Å². The minimum absolute atomic E-state index is 0.0507. The maximum atomic E-state index is 12.4. The second kappa shape index (κ2) is 7.23. The largest absolute Gasteiger partial charge is 0.484 e. The Morgan fingerprint density at radius 1 is 1.16 bits per heavy atom. The number of amides is 1. The number of carbonyl (C=O) groups is 1. The molecule has 25 heavy (non-hydrogen) atoms. The maximum Gasteiger partial charge on any atom is 0.260 e. The molecule has 0 bridgehead atoms. The molecule has 1 aromatic heterocycles. The van der Waals surface area contributed by atoms with Gasteiger partial charge in [0.05, 0.1) is 6.54 Å². The minimum atomic E-state index is 0.0507. The third kappa shape index (κ3) is 3.51. The lowest BCUT2D eigenvalue weighted by molar-refractivity contribution is -0.134. The lowest BCUT2D eigenvalue weighted by Crippen LogP contribution is -2.41. The van der Waals surface area contributed by atoms with E-state index in [9.17, 15) is 4.79 Å². The first-order valence-electron chi connectivity index (χ1n) is 8.89. The molecule has 2 aliphatic heterocycles. The van der Waals surface area contributed by atoms with Crippen LogP contribution in [-0.4, -0.2) is 51.8 Å². The Bertz CT molecular complexity index is 722.